The SMILES string of the molecule is Cc1ccc(N2OC(=O)N(c3ccccc3)C2c2ccc3c(c2)OCO3)cc1. The maximum atomic E-state index is 12.8. The van der Waals surface area contributed by atoms with E-state index in [0.717, 1.165) is 22.5 Å². The van der Waals surface area contributed by atoms with Crippen LogP contribution in [0.1, 0.15) is 17.3 Å². The van der Waals surface area contributed by atoms with Gasteiger partial charge >= 0.3 is 6.09 Å². The fraction of sp³-hybridized carbons (Fsp3) is 0.136. The normalized spacial score (nSPS) is 17.8. The maximum absolute atomic E-state index is 12.8. The Morgan fingerprint density at radius 1 is 0.857 bits per heavy atom. The number of para-hydroxylation sites is 1. The van der Waals surface area contributed by atoms with Crippen LogP contribution in [0.5, 0.6) is 11.5 Å². The van der Waals surface area contributed by atoms with Crippen LogP contribution in [0.3, 0.4) is 0 Å². The molecule has 0 bridgehead atoms. The molecule has 1 saturated heterocycles. The molecule has 5 rings (SSSR count). The van der Waals surface area contributed by atoms with E-state index in [2.05, 4.69) is 0 Å². The summed E-state index contributed by atoms with van der Waals surface area (Å²) in [6, 6.07) is 23.0. The number of hydroxylamine groups is 1. The third-order valence-electron chi connectivity index (χ3n) is 4.86. The average molecular weight is 374 g/mol. The summed E-state index contributed by atoms with van der Waals surface area (Å²) in [7, 11) is 0. The number of carbonyl (C=O) groups excluding carboxylic acids is 1. The van der Waals surface area contributed by atoms with Crippen molar-refractivity contribution in [2.45, 2.75) is 13.1 Å². The molecule has 0 aromatic heterocycles. The standard InChI is InChI=1S/C22H18N2O4/c1-15-7-10-18(11-8-15)24-21(16-9-12-19-20(13-16)27-14-26-19)23(22(25)28-24)17-5-3-2-4-6-17/h2-13,21H,14H2,1H3. The van der Waals surface area contributed by atoms with Crippen LogP contribution in [-0.4, -0.2) is 12.9 Å². The van der Waals surface area contributed by atoms with Gasteiger partial charge in [0.25, 0.3) is 0 Å². The highest BCUT2D eigenvalue weighted by molar-refractivity contribution is 5.92. The molecule has 6 heteroatoms. The molecular formula is C22H18N2O4. The summed E-state index contributed by atoms with van der Waals surface area (Å²) >= 11 is 0. The highest BCUT2D eigenvalue weighted by Gasteiger charge is 2.43. The molecule has 6 nitrogen and oxygen atoms in total. The van der Waals surface area contributed by atoms with Crippen LogP contribution in [0.25, 0.3) is 0 Å². The first kappa shape index (κ1) is 16.5. The van der Waals surface area contributed by atoms with Gasteiger partial charge in [-0.15, -0.1) is 0 Å². The molecule has 1 unspecified atom stereocenters. The zero-order chi connectivity index (χ0) is 19.1. The van der Waals surface area contributed by atoms with Crippen molar-refractivity contribution in [1.82, 2.24) is 0 Å². The number of fused-ring (bicyclic) bond motifs is 1. The smallest absolute Gasteiger partial charge is 0.440 e. The second-order valence-corrected chi connectivity index (χ2v) is 6.71. The molecule has 3 aromatic rings. The Balaban J connectivity index is 1.63. The summed E-state index contributed by atoms with van der Waals surface area (Å²) in [5.74, 6) is 1.36. The second kappa shape index (κ2) is 6.49. The monoisotopic (exact) mass is 374 g/mol. The highest BCUT2D eigenvalue weighted by atomic mass is 16.7. The second-order valence-electron chi connectivity index (χ2n) is 6.71. The van der Waals surface area contributed by atoms with Crippen LogP contribution in [0.4, 0.5) is 16.2 Å². The third kappa shape index (κ3) is 2.70. The van der Waals surface area contributed by atoms with Gasteiger partial charge in [0.2, 0.25) is 6.79 Å². The van der Waals surface area contributed by atoms with E-state index in [4.69, 9.17) is 14.3 Å². The molecule has 140 valence electrons. The Morgan fingerprint density at radius 2 is 1.61 bits per heavy atom. The minimum absolute atomic E-state index is 0.197. The molecule has 0 N–H and O–H groups in total. The molecule has 2 aliphatic heterocycles. The maximum Gasteiger partial charge on any atom is 0.440 e. The molecule has 0 saturated carbocycles. The van der Waals surface area contributed by atoms with Gasteiger partial charge in [-0.05, 0) is 43.3 Å². The zero-order valence-electron chi connectivity index (χ0n) is 15.2. The van der Waals surface area contributed by atoms with Crippen LogP contribution in [0.2, 0.25) is 0 Å². The molecule has 3 aromatic carbocycles. The lowest BCUT2D eigenvalue weighted by atomic mass is 10.1. The number of rotatable bonds is 3. The minimum Gasteiger partial charge on any atom is -0.454 e. The fourth-order valence-corrected chi connectivity index (χ4v) is 3.46. The number of hydrogen-bond donors (Lipinski definition) is 0. The Hall–Kier alpha value is -3.67. The zero-order valence-corrected chi connectivity index (χ0v) is 15.2. The van der Waals surface area contributed by atoms with Crippen LogP contribution in [-0.2, 0) is 4.84 Å². The average Bonchev–Trinajstić information content (AvgIpc) is 3.32. The molecule has 28 heavy (non-hydrogen) atoms. The van der Waals surface area contributed by atoms with Crippen LogP contribution < -0.4 is 19.4 Å². The van der Waals surface area contributed by atoms with Crippen molar-refractivity contribution in [3.8, 4) is 11.5 Å². The number of aryl methyl sites for hydroxylation is 1. The van der Waals surface area contributed by atoms with Crippen molar-refractivity contribution < 1.29 is 19.1 Å². The first-order chi connectivity index (χ1) is 13.7. The van der Waals surface area contributed by atoms with Crippen LogP contribution >= 0.6 is 0 Å². The Kier molecular flexibility index (Phi) is 3.83. The van der Waals surface area contributed by atoms with Gasteiger partial charge in [0, 0.05) is 11.3 Å². The molecule has 1 fully saturated rings. The molecule has 0 aliphatic carbocycles. The lowest BCUT2D eigenvalue weighted by Crippen LogP contribution is -2.31. The Bertz CT molecular complexity index is 1020. The third-order valence-corrected chi connectivity index (χ3v) is 4.86. The number of benzene rings is 3. The van der Waals surface area contributed by atoms with Gasteiger partial charge in [0.1, 0.15) is 0 Å². The largest absolute Gasteiger partial charge is 0.454 e. The fourth-order valence-electron chi connectivity index (χ4n) is 3.46. The number of amides is 1. The topological polar surface area (TPSA) is 51.2 Å². The number of ether oxygens (including phenoxy) is 2. The van der Waals surface area contributed by atoms with E-state index in [1.807, 2.05) is 79.7 Å². The number of anilines is 2. The van der Waals surface area contributed by atoms with E-state index in [1.54, 1.807) is 9.96 Å². The van der Waals surface area contributed by atoms with Gasteiger partial charge in [-0.1, -0.05) is 42.0 Å². The first-order valence-electron chi connectivity index (χ1n) is 9.02. The molecule has 1 atom stereocenters. The van der Waals surface area contributed by atoms with E-state index in [9.17, 15) is 4.79 Å². The van der Waals surface area contributed by atoms with Crippen molar-refractivity contribution in [1.29, 1.82) is 0 Å². The lowest BCUT2D eigenvalue weighted by molar-refractivity contribution is 0.164. The molecule has 2 aliphatic rings. The number of carbonyl (C=O) groups is 1. The van der Waals surface area contributed by atoms with Gasteiger partial charge in [0.15, 0.2) is 17.7 Å². The van der Waals surface area contributed by atoms with Gasteiger partial charge < -0.3 is 14.3 Å². The predicted octanol–water partition coefficient (Wildman–Crippen LogP) is 4.80. The molecule has 0 spiro atoms. The van der Waals surface area contributed by atoms with Gasteiger partial charge in [-0.2, -0.15) is 5.06 Å². The molecule has 2 heterocycles. The number of hydrogen-bond acceptors (Lipinski definition) is 5. The lowest BCUT2D eigenvalue weighted by Gasteiger charge is -2.27. The van der Waals surface area contributed by atoms with E-state index >= 15 is 0 Å². The summed E-state index contributed by atoms with van der Waals surface area (Å²) in [6.45, 7) is 2.22. The van der Waals surface area contributed by atoms with Crippen molar-refractivity contribution in [2.24, 2.45) is 0 Å². The van der Waals surface area contributed by atoms with E-state index in [-0.39, 0.29) is 6.79 Å². The van der Waals surface area contributed by atoms with Crippen molar-refractivity contribution >= 4 is 17.5 Å². The molecule has 0 radical (unpaired) electrons. The Labute approximate surface area is 162 Å². The summed E-state index contributed by atoms with van der Waals surface area (Å²) < 4.78 is 11.0. The van der Waals surface area contributed by atoms with Crippen molar-refractivity contribution in [3.05, 3.63) is 83.9 Å². The summed E-state index contributed by atoms with van der Waals surface area (Å²) in [5.41, 5.74) is 3.54. The van der Waals surface area contributed by atoms with Crippen LogP contribution in [0.15, 0.2) is 72.8 Å². The van der Waals surface area contributed by atoms with Crippen molar-refractivity contribution in [2.75, 3.05) is 16.8 Å². The van der Waals surface area contributed by atoms with Crippen molar-refractivity contribution in [3.63, 3.8) is 0 Å². The van der Waals surface area contributed by atoms with E-state index in [0.29, 0.717) is 11.5 Å². The van der Waals surface area contributed by atoms with Crippen LogP contribution in [0, 0.1) is 6.92 Å². The summed E-state index contributed by atoms with van der Waals surface area (Å²) in [6.07, 6.45) is -0.915. The highest BCUT2D eigenvalue weighted by Crippen LogP contribution is 2.42. The van der Waals surface area contributed by atoms with E-state index in [1.165, 1.54) is 0 Å². The summed E-state index contributed by atoms with van der Waals surface area (Å²) in [5, 5.41) is 1.63. The quantitative estimate of drug-likeness (QED) is 0.659. The van der Waals surface area contributed by atoms with Gasteiger partial charge in [0.05, 0.1) is 5.69 Å². The van der Waals surface area contributed by atoms with Gasteiger partial charge in [-0.25, -0.2) is 9.69 Å². The molecule has 1 amide bonds. The molecular weight excluding hydrogens is 356 g/mol. The Morgan fingerprint density at radius 3 is 2.39 bits per heavy atom. The predicted molar refractivity (Wildman–Crippen MR) is 104 cm³/mol. The summed E-state index contributed by atoms with van der Waals surface area (Å²) in [4.78, 5) is 20.2. The minimum atomic E-state index is -0.480. The van der Waals surface area contributed by atoms with E-state index < -0.39 is 12.3 Å². The number of nitrogens with zero attached hydrogens (tertiary/aromatic N) is 2. The first-order valence-corrected chi connectivity index (χ1v) is 9.02. The van der Waals surface area contributed by atoms with Gasteiger partial charge in [-0.3, -0.25) is 0 Å².